The summed E-state index contributed by atoms with van der Waals surface area (Å²) >= 11 is 0. The standard InChI is InChI=1S/C11H24N2O/c1-9-6-13(7-10(2)14-9)8-11(3,4)12-5/h9-10,12H,6-8H2,1-5H3. The van der Waals surface area contributed by atoms with Crippen LogP contribution < -0.4 is 5.32 Å². The number of nitrogens with zero attached hydrogens (tertiary/aromatic N) is 1. The van der Waals surface area contributed by atoms with Gasteiger partial charge in [-0.2, -0.15) is 0 Å². The molecule has 1 aliphatic heterocycles. The first kappa shape index (κ1) is 12.0. The van der Waals surface area contributed by atoms with Crippen molar-refractivity contribution in [1.29, 1.82) is 0 Å². The highest BCUT2D eigenvalue weighted by molar-refractivity contribution is 4.83. The monoisotopic (exact) mass is 200 g/mol. The number of morpholine rings is 1. The summed E-state index contributed by atoms with van der Waals surface area (Å²) in [6.07, 6.45) is 0.734. The first-order chi connectivity index (χ1) is 6.43. The van der Waals surface area contributed by atoms with Crippen LogP contribution >= 0.6 is 0 Å². The second kappa shape index (κ2) is 4.60. The van der Waals surface area contributed by atoms with Crippen LogP contribution in [0.15, 0.2) is 0 Å². The van der Waals surface area contributed by atoms with Crippen molar-refractivity contribution in [3.05, 3.63) is 0 Å². The topological polar surface area (TPSA) is 24.5 Å². The zero-order valence-corrected chi connectivity index (χ0v) is 10.1. The van der Waals surface area contributed by atoms with E-state index in [1.165, 1.54) is 0 Å². The van der Waals surface area contributed by atoms with Gasteiger partial charge in [0.2, 0.25) is 0 Å². The van der Waals surface area contributed by atoms with E-state index in [-0.39, 0.29) is 5.54 Å². The van der Waals surface area contributed by atoms with Crippen LogP contribution in [0, 0.1) is 0 Å². The van der Waals surface area contributed by atoms with Crippen molar-refractivity contribution < 1.29 is 4.74 Å². The summed E-state index contributed by atoms with van der Waals surface area (Å²) in [7, 11) is 2.02. The van der Waals surface area contributed by atoms with Gasteiger partial charge in [0.05, 0.1) is 12.2 Å². The minimum Gasteiger partial charge on any atom is -0.373 e. The molecule has 1 heterocycles. The average molecular weight is 200 g/mol. The molecule has 0 aromatic carbocycles. The quantitative estimate of drug-likeness (QED) is 0.738. The molecule has 2 atom stereocenters. The van der Waals surface area contributed by atoms with Gasteiger partial charge >= 0.3 is 0 Å². The Morgan fingerprint density at radius 2 is 1.79 bits per heavy atom. The van der Waals surface area contributed by atoms with Crippen molar-refractivity contribution in [3.63, 3.8) is 0 Å². The van der Waals surface area contributed by atoms with E-state index in [4.69, 9.17) is 4.74 Å². The van der Waals surface area contributed by atoms with Crippen molar-refractivity contribution >= 4 is 0 Å². The van der Waals surface area contributed by atoms with E-state index in [0.29, 0.717) is 12.2 Å². The molecular formula is C11H24N2O. The van der Waals surface area contributed by atoms with Crippen LogP contribution in [0.4, 0.5) is 0 Å². The molecule has 3 heteroatoms. The fourth-order valence-electron chi connectivity index (χ4n) is 2.05. The summed E-state index contributed by atoms with van der Waals surface area (Å²) in [5.41, 5.74) is 0.191. The Kier molecular flexibility index (Phi) is 3.93. The molecule has 3 nitrogen and oxygen atoms in total. The smallest absolute Gasteiger partial charge is 0.0678 e. The summed E-state index contributed by atoms with van der Waals surface area (Å²) in [6.45, 7) is 12.0. The number of hydrogen-bond acceptors (Lipinski definition) is 3. The van der Waals surface area contributed by atoms with Gasteiger partial charge in [0, 0.05) is 25.2 Å². The minimum absolute atomic E-state index is 0.191. The molecule has 0 amide bonds. The molecule has 0 bridgehead atoms. The third kappa shape index (κ3) is 3.56. The number of nitrogens with one attached hydrogen (secondary N) is 1. The Labute approximate surface area is 87.8 Å². The van der Waals surface area contributed by atoms with Gasteiger partial charge in [0.1, 0.15) is 0 Å². The van der Waals surface area contributed by atoms with Gasteiger partial charge in [-0.25, -0.2) is 0 Å². The number of ether oxygens (including phenoxy) is 1. The van der Waals surface area contributed by atoms with E-state index in [0.717, 1.165) is 19.6 Å². The van der Waals surface area contributed by atoms with Crippen molar-refractivity contribution in [3.8, 4) is 0 Å². The molecule has 1 N–H and O–H groups in total. The second-order valence-corrected chi connectivity index (χ2v) is 5.09. The van der Waals surface area contributed by atoms with Gasteiger partial charge in [-0.1, -0.05) is 0 Å². The highest BCUT2D eigenvalue weighted by atomic mass is 16.5. The van der Waals surface area contributed by atoms with Crippen LogP contribution in [0.3, 0.4) is 0 Å². The summed E-state index contributed by atoms with van der Waals surface area (Å²) in [5, 5.41) is 3.34. The molecule has 2 unspecified atom stereocenters. The third-order valence-electron chi connectivity index (χ3n) is 2.79. The molecular weight excluding hydrogens is 176 g/mol. The molecule has 1 aliphatic rings. The van der Waals surface area contributed by atoms with Crippen molar-refractivity contribution in [2.75, 3.05) is 26.7 Å². The summed E-state index contributed by atoms with van der Waals surface area (Å²) in [6, 6.07) is 0. The zero-order chi connectivity index (χ0) is 10.8. The lowest BCUT2D eigenvalue weighted by Crippen LogP contribution is -2.53. The Hall–Kier alpha value is -0.120. The van der Waals surface area contributed by atoms with Crippen LogP contribution in [0.25, 0.3) is 0 Å². The van der Waals surface area contributed by atoms with Gasteiger partial charge in [-0.15, -0.1) is 0 Å². The molecule has 84 valence electrons. The molecule has 0 aromatic heterocycles. The summed E-state index contributed by atoms with van der Waals surface area (Å²) in [4.78, 5) is 2.48. The Morgan fingerprint density at radius 3 is 2.21 bits per heavy atom. The maximum atomic E-state index is 5.70. The van der Waals surface area contributed by atoms with Gasteiger partial charge in [0.15, 0.2) is 0 Å². The highest BCUT2D eigenvalue weighted by Crippen LogP contribution is 2.13. The Morgan fingerprint density at radius 1 is 1.29 bits per heavy atom. The lowest BCUT2D eigenvalue weighted by atomic mass is 10.0. The first-order valence-electron chi connectivity index (χ1n) is 5.49. The van der Waals surface area contributed by atoms with Crippen molar-refractivity contribution in [1.82, 2.24) is 10.2 Å². The number of hydrogen-bond donors (Lipinski definition) is 1. The molecule has 0 radical (unpaired) electrons. The summed E-state index contributed by atoms with van der Waals surface area (Å²) < 4.78 is 5.70. The van der Waals surface area contributed by atoms with E-state index in [2.05, 4.69) is 37.9 Å². The SMILES string of the molecule is CNC(C)(C)CN1CC(C)OC(C)C1. The van der Waals surface area contributed by atoms with E-state index in [1.54, 1.807) is 0 Å². The normalized spacial score (nSPS) is 30.6. The number of rotatable bonds is 3. The zero-order valence-electron chi connectivity index (χ0n) is 10.1. The molecule has 0 saturated carbocycles. The van der Waals surface area contributed by atoms with Gasteiger partial charge in [-0.05, 0) is 34.7 Å². The van der Waals surface area contributed by atoms with E-state index in [9.17, 15) is 0 Å². The van der Waals surface area contributed by atoms with Gasteiger partial charge < -0.3 is 10.1 Å². The summed E-state index contributed by atoms with van der Waals surface area (Å²) in [5.74, 6) is 0. The first-order valence-corrected chi connectivity index (χ1v) is 5.49. The molecule has 1 rings (SSSR count). The molecule has 1 fully saturated rings. The third-order valence-corrected chi connectivity index (χ3v) is 2.79. The molecule has 1 saturated heterocycles. The fraction of sp³-hybridized carbons (Fsp3) is 1.00. The predicted molar refractivity (Wildman–Crippen MR) is 59.6 cm³/mol. The van der Waals surface area contributed by atoms with E-state index < -0.39 is 0 Å². The van der Waals surface area contributed by atoms with Crippen molar-refractivity contribution in [2.45, 2.75) is 45.4 Å². The van der Waals surface area contributed by atoms with E-state index >= 15 is 0 Å². The minimum atomic E-state index is 0.191. The van der Waals surface area contributed by atoms with Crippen LogP contribution in [-0.4, -0.2) is 49.3 Å². The maximum Gasteiger partial charge on any atom is 0.0678 e. The van der Waals surface area contributed by atoms with Crippen LogP contribution in [-0.2, 0) is 4.74 Å². The van der Waals surface area contributed by atoms with Crippen molar-refractivity contribution in [2.24, 2.45) is 0 Å². The predicted octanol–water partition coefficient (Wildman–Crippen LogP) is 1.09. The van der Waals surface area contributed by atoms with Crippen LogP contribution in [0.5, 0.6) is 0 Å². The highest BCUT2D eigenvalue weighted by Gasteiger charge is 2.26. The average Bonchev–Trinajstić information content (AvgIpc) is 2.01. The van der Waals surface area contributed by atoms with Crippen LogP contribution in [0.1, 0.15) is 27.7 Å². The second-order valence-electron chi connectivity index (χ2n) is 5.09. The van der Waals surface area contributed by atoms with Gasteiger partial charge in [0.25, 0.3) is 0 Å². The largest absolute Gasteiger partial charge is 0.373 e. The lowest BCUT2D eigenvalue weighted by Gasteiger charge is -2.39. The fourth-order valence-corrected chi connectivity index (χ4v) is 2.05. The Balaban J connectivity index is 2.44. The molecule has 0 spiro atoms. The Bertz CT molecular complexity index is 172. The lowest BCUT2D eigenvalue weighted by molar-refractivity contribution is -0.0725. The molecule has 14 heavy (non-hydrogen) atoms. The molecule has 0 aromatic rings. The number of likely N-dealkylation sites (N-methyl/N-ethyl adjacent to an activating group) is 1. The van der Waals surface area contributed by atoms with E-state index in [1.807, 2.05) is 7.05 Å². The maximum absolute atomic E-state index is 5.70. The van der Waals surface area contributed by atoms with Gasteiger partial charge in [-0.3, -0.25) is 4.90 Å². The van der Waals surface area contributed by atoms with Crippen LogP contribution in [0.2, 0.25) is 0 Å². The molecule has 0 aliphatic carbocycles.